The fourth-order valence-electron chi connectivity index (χ4n) is 1.18. The molecular weight excluding hydrogens is 182 g/mol. The Balaban J connectivity index is 3.08. The van der Waals surface area contributed by atoms with Gasteiger partial charge >= 0.3 is 0 Å². The normalized spacial score (nSPS) is 11.6. The first-order valence-electron chi connectivity index (χ1n) is 4.56. The number of nitrogens with zero attached hydrogens (tertiary/aromatic N) is 3. The largest absolute Gasteiger partial charge is 0.246 e. The molecular formula is C9H17N3S. The molecule has 0 atom stereocenters. The van der Waals surface area contributed by atoms with Gasteiger partial charge in [0.15, 0.2) is 0 Å². The summed E-state index contributed by atoms with van der Waals surface area (Å²) in [6.07, 6.45) is 2.00. The fourth-order valence-corrected chi connectivity index (χ4v) is 1.53. The van der Waals surface area contributed by atoms with Crippen molar-refractivity contribution < 1.29 is 0 Å². The van der Waals surface area contributed by atoms with Crippen molar-refractivity contribution in [2.45, 2.75) is 44.8 Å². The molecule has 0 unspecified atom stereocenters. The van der Waals surface area contributed by atoms with Crippen LogP contribution in [0, 0.1) is 0 Å². The average molecular weight is 199 g/mol. The molecule has 0 aliphatic carbocycles. The Labute approximate surface area is 83.9 Å². The van der Waals surface area contributed by atoms with Crippen molar-refractivity contribution in [3.05, 3.63) is 5.82 Å². The van der Waals surface area contributed by atoms with Gasteiger partial charge in [-0.1, -0.05) is 25.6 Å². The van der Waals surface area contributed by atoms with E-state index in [-0.39, 0.29) is 0 Å². The van der Waals surface area contributed by atoms with Crippen molar-refractivity contribution in [2.24, 2.45) is 0 Å². The fraction of sp³-hybridized carbons (Fsp3) is 0.778. The average Bonchev–Trinajstić information content (AvgIpc) is 2.47. The van der Waals surface area contributed by atoms with Gasteiger partial charge in [0.25, 0.3) is 0 Å². The van der Waals surface area contributed by atoms with Gasteiger partial charge in [0.2, 0.25) is 5.16 Å². The Morgan fingerprint density at radius 3 is 2.15 bits per heavy atom. The first-order valence-corrected chi connectivity index (χ1v) is 5.79. The molecule has 1 aromatic heterocycles. The van der Waals surface area contributed by atoms with Gasteiger partial charge in [-0.05, 0) is 20.1 Å². The molecule has 0 fully saturated rings. The zero-order valence-corrected chi connectivity index (χ0v) is 9.72. The summed E-state index contributed by atoms with van der Waals surface area (Å²) in [5, 5.41) is 5.29. The second kappa shape index (κ2) is 4.13. The molecule has 0 N–H and O–H groups in total. The lowest BCUT2D eigenvalue weighted by Crippen LogP contribution is -2.09. The molecule has 0 saturated carbocycles. The quantitative estimate of drug-likeness (QED) is 0.701. The van der Waals surface area contributed by atoms with E-state index in [9.17, 15) is 0 Å². The van der Waals surface area contributed by atoms with Crippen molar-refractivity contribution >= 4 is 11.8 Å². The van der Waals surface area contributed by atoms with Crippen molar-refractivity contribution in [3.8, 4) is 0 Å². The third kappa shape index (κ3) is 2.24. The third-order valence-electron chi connectivity index (χ3n) is 1.83. The molecule has 0 aliphatic rings. The van der Waals surface area contributed by atoms with Crippen LogP contribution in [-0.2, 0) is 0 Å². The molecule has 0 radical (unpaired) electrons. The Hall–Kier alpha value is -0.510. The molecule has 1 heterocycles. The summed E-state index contributed by atoms with van der Waals surface area (Å²) >= 11 is 1.60. The molecule has 13 heavy (non-hydrogen) atoms. The van der Waals surface area contributed by atoms with E-state index in [1.54, 1.807) is 11.8 Å². The summed E-state index contributed by atoms with van der Waals surface area (Å²) in [7, 11) is 0. The summed E-state index contributed by atoms with van der Waals surface area (Å²) in [6.45, 7) is 8.55. The van der Waals surface area contributed by atoms with E-state index in [0.29, 0.717) is 12.0 Å². The number of hydrogen-bond donors (Lipinski definition) is 0. The molecule has 0 bridgehead atoms. The molecule has 0 spiro atoms. The molecule has 0 aliphatic heterocycles. The monoisotopic (exact) mass is 199 g/mol. The molecule has 74 valence electrons. The number of rotatable bonds is 3. The minimum atomic E-state index is 0.394. The lowest BCUT2D eigenvalue weighted by molar-refractivity contribution is 0.487. The summed E-state index contributed by atoms with van der Waals surface area (Å²) < 4.78 is 2.01. The van der Waals surface area contributed by atoms with E-state index in [4.69, 9.17) is 0 Å². The third-order valence-corrected chi connectivity index (χ3v) is 2.36. The highest BCUT2D eigenvalue weighted by Gasteiger charge is 2.14. The second-order valence-electron chi connectivity index (χ2n) is 3.65. The Morgan fingerprint density at radius 1 is 1.23 bits per heavy atom. The van der Waals surface area contributed by atoms with E-state index in [2.05, 4.69) is 37.8 Å². The van der Waals surface area contributed by atoms with Crippen LogP contribution in [0.2, 0.25) is 0 Å². The Kier molecular flexibility index (Phi) is 3.36. The summed E-state index contributed by atoms with van der Waals surface area (Å²) in [4.78, 5) is 4.46. The van der Waals surface area contributed by atoms with Crippen molar-refractivity contribution in [1.82, 2.24) is 14.8 Å². The maximum Gasteiger partial charge on any atom is 0.208 e. The highest BCUT2D eigenvalue weighted by molar-refractivity contribution is 7.98. The molecule has 1 rings (SSSR count). The van der Waals surface area contributed by atoms with Gasteiger partial charge in [-0.25, -0.2) is 9.67 Å². The maximum absolute atomic E-state index is 4.46. The highest BCUT2D eigenvalue weighted by Crippen LogP contribution is 2.19. The minimum absolute atomic E-state index is 0.394. The van der Waals surface area contributed by atoms with Crippen LogP contribution in [0.1, 0.15) is 45.5 Å². The minimum Gasteiger partial charge on any atom is -0.246 e. The van der Waals surface area contributed by atoms with Gasteiger partial charge < -0.3 is 0 Å². The van der Waals surface area contributed by atoms with Gasteiger partial charge in [0.1, 0.15) is 5.82 Å². The Morgan fingerprint density at radius 2 is 1.85 bits per heavy atom. The van der Waals surface area contributed by atoms with Crippen LogP contribution in [0.3, 0.4) is 0 Å². The SMILES string of the molecule is CSc1nc(C(C)C)n(C(C)C)n1. The molecule has 0 saturated heterocycles. The van der Waals surface area contributed by atoms with Crippen LogP contribution in [0.25, 0.3) is 0 Å². The van der Waals surface area contributed by atoms with E-state index < -0.39 is 0 Å². The van der Waals surface area contributed by atoms with E-state index in [0.717, 1.165) is 11.0 Å². The van der Waals surface area contributed by atoms with E-state index in [1.807, 2.05) is 10.9 Å². The van der Waals surface area contributed by atoms with Gasteiger partial charge in [0.05, 0.1) is 0 Å². The van der Waals surface area contributed by atoms with Gasteiger partial charge in [-0.3, -0.25) is 0 Å². The first kappa shape index (κ1) is 10.6. The summed E-state index contributed by atoms with van der Waals surface area (Å²) in [5.41, 5.74) is 0. The van der Waals surface area contributed by atoms with Gasteiger partial charge in [0, 0.05) is 12.0 Å². The molecule has 1 aromatic rings. The van der Waals surface area contributed by atoms with Crippen LogP contribution in [0.15, 0.2) is 5.16 Å². The smallest absolute Gasteiger partial charge is 0.208 e. The van der Waals surface area contributed by atoms with E-state index in [1.165, 1.54) is 0 Å². The number of hydrogen-bond acceptors (Lipinski definition) is 3. The molecule has 0 aromatic carbocycles. The molecule has 0 amide bonds. The van der Waals surface area contributed by atoms with Crippen LogP contribution in [0.5, 0.6) is 0 Å². The first-order chi connectivity index (χ1) is 6.06. The number of thioether (sulfide) groups is 1. The summed E-state index contributed by atoms with van der Waals surface area (Å²) in [6, 6.07) is 0.394. The predicted octanol–water partition coefficient (Wildman–Crippen LogP) is 2.70. The molecule has 3 nitrogen and oxygen atoms in total. The van der Waals surface area contributed by atoms with Crippen LogP contribution in [-0.4, -0.2) is 21.0 Å². The molecule has 4 heteroatoms. The van der Waals surface area contributed by atoms with Crippen molar-refractivity contribution in [1.29, 1.82) is 0 Å². The lowest BCUT2D eigenvalue weighted by atomic mass is 10.2. The zero-order chi connectivity index (χ0) is 10.0. The van der Waals surface area contributed by atoms with Crippen LogP contribution in [0.4, 0.5) is 0 Å². The van der Waals surface area contributed by atoms with Gasteiger partial charge in [-0.15, -0.1) is 5.10 Å². The highest BCUT2D eigenvalue weighted by atomic mass is 32.2. The second-order valence-corrected chi connectivity index (χ2v) is 4.42. The standard InChI is InChI=1S/C9H17N3S/c1-6(2)8-10-9(13-5)11-12(8)7(3)4/h6-7H,1-5H3. The summed E-state index contributed by atoms with van der Waals surface area (Å²) in [5.74, 6) is 1.52. The Bertz CT molecular complexity index is 253. The van der Waals surface area contributed by atoms with Crippen LogP contribution >= 0.6 is 11.8 Å². The van der Waals surface area contributed by atoms with E-state index >= 15 is 0 Å². The van der Waals surface area contributed by atoms with Crippen LogP contribution < -0.4 is 0 Å². The maximum atomic E-state index is 4.46. The van der Waals surface area contributed by atoms with Crippen molar-refractivity contribution in [2.75, 3.05) is 6.26 Å². The zero-order valence-electron chi connectivity index (χ0n) is 8.90. The lowest BCUT2D eigenvalue weighted by Gasteiger charge is -2.10. The number of aromatic nitrogens is 3. The predicted molar refractivity (Wildman–Crippen MR) is 56.3 cm³/mol. The van der Waals surface area contributed by atoms with Gasteiger partial charge in [-0.2, -0.15) is 0 Å². The topological polar surface area (TPSA) is 30.7 Å². The van der Waals surface area contributed by atoms with Crippen molar-refractivity contribution in [3.63, 3.8) is 0 Å².